The second-order valence-electron chi connectivity index (χ2n) is 3.52. The first-order chi connectivity index (χ1) is 6.79. The van der Waals surface area contributed by atoms with Gasteiger partial charge in [0, 0.05) is 11.5 Å². The molecule has 0 amide bonds. The van der Waals surface area contributed by atoms with Crippen LogP contribution in [0.4, 0.5) is 0 Å². The summed E-state index contributed by atoms with van der Waals surface area (Å²) < 4.78 is 17.4. The van der Waals surface area contributed by atoms with Crippen molar-refractivity contribution in [1.29, 1.82) is 0 Å². The maximum absolute atomic E-state index is 4.40. The number of hydrogen-bond donors (Lipinski definition) is 0. The van der Waals surface area contributed by atoms with Crippen molar-refractivity contribution in [3.63, 3.8) is 0 Å². The summed E-state index contributed by atoms with van der Waals surface area (Å²) in [4.78, 5) is 0. The van der Waals surface area contributed by atoms with Gasteiger partial charge in [-0.1, -0.05) is 6.92 Å². The van der Waals surface area contributed by atoms with E-state index in [4.69, 9.17) is 0 Å². The van der Waals surface area contributed by atoms with E-state index in [9.17, 15) is 0 Å². The van der Waals surface area contributed by atoms with Gasteiger partial charge >= 0.3 is 0 Å². The fraction of sp³-hybridized carbons (Fsp3) is 0.500. The number of allylic oxidation sites excluding steroid dienone is 1. The summed E-state index contributed by atoms with van der Waals surface area (Å²) in [6.45, 7) is 4.20. The Balaban J connectivity index is 2.28. The van der Waals surface area contributed by atoms with E-state index < -0.39 is 0 Å². The summed E-state index contributed by atoms with van der Waals surface area (Å²) >= 11 is 2.58. The lowest BCUT2D eigenvalue weighted by Crippen LogP contribution is -2.20. The Bertz CT molecular complexity index is 495. The van der Waals surface area contributed by atoms with Gasteiger partial charge in [-0.15, -0.1) is 0 Å². The smallest absolute Gasteiger partial charge is 0.115 e. The van der Waals surface area contributed by atoms with Crippen molar-refractivity contribution in [2.75, 3.05) is 0 Å². The van der Waals surface area contributed by atoms with Crippen LogP contribution < -0.4 is 0 Å². The third-order valence-electron chi connectivity index (χ3n) is 2.74. The summed E-state index contributed by atoms with van der Waals surface area (Å²) in [6, 6.07) is 0.191. The molecule has 0 aromatic carbocycles. The van der Waals surface area contributed by atoms with Gasteiger partial charge in [0.15, 0.2) is 0 Å². The molecule has 2 aliphatic rings. The zero-order valence-corrected chi connectivity index (χ0v) is 9.39. The predicted octanol–water partition coefficient (Wildman–Crippen LogP) is 2.22. The van der Waals surface area contributed by atoms with Gasteiger partial charge in [-0.3, -0.25) is 0 Å². The molecule has 1 aliphatic heterocycles. The molecule has 1 aromatic rings. The molecule has 6 heteroatoms. The van der Waals surface area contributed by atoms with Crippen LogP contribution in [0.1, 0.15) is 31.2 Å². The topological polar surface area (TPSA) is 50.5 Å². The van der Waals surface area contributed by atoms with E-state index in [1.54, 1.807) is 0 Å². The Morgan fingerprint density at radius 3 is 3.00 bits per heavy atom. The summed E-state index contributed by atoms with van der Waals surface area (Å²) in [6.07, 6.45) is 0. The normalized spacial score (nSPS) is 28.7. The minimum atomic E-state index is 0.191. The van der Waals surface area contributed by atoms with Crippen LogP contribution in [-0.2, 0) is 11.4 Å². The van der Waals surface area contributed by atoms with E-state index in [1.807, 2.05) is 0 Å². The number of rotatable bonds is 0. The van der Waals surface area contributed by atoms with Gasteiger partial charge in [0.05, 0.1) is 34.5 Å². The summed E-state index contributed by atoms with van der Waals surface area (Å²) in [5.41, 5.74) is 4.34. The van der Waals surface area contributed by atoms with E-state index in [2.05, 4.69) is 31.3 Å². The lowest BCUT2D eigenvalue weighted by molar-refractivity contribution is 0.625. The molecule has 0 bridgehead atoms. The van der Waals surface area contributed by atoms with Crippen LogP contribution in [0.5, 0.6) is 0 Å². The van der Waals surface area contributed by atoms with Crippen LogP contribution in [0.3, 0.4) is 0 Å². The highest BCUT2D eigenvalue weighted by molar-refractivity contribution is 7.57. The maximum atomic E-state index is 4.40. The first-order valence-electron chi connectivity index (χ1n) is 4.40. The third-order valence-corrected chi connectivity index (χ3v) is 3.88. The van der Waals surface area contributed by atoms with Gasteiger partial charge in [0.25, 0.3) is 0 Å². The standard InChI is InChI=1S/C8H8N4S2/c1-3-5-7(11-13-9-5)4(2)8-6(3)10-14-12-8/h3,5H,1-2H3. The Kier molecular flexibility index (Phi) is 1.69. The minimum Gasteiger partial charge on any atom is -0.203 e. The molecule has 0 N–H and O–H groups in total. The minimum absolute atomic E-state index is 0.191. The summed E-state index contributed by atoms with van der Waals surface area (Å²) in [7, 11) is 0. The number of fused-ring (bicyclic) bond motifs is 2. The predicted molar refractivity (Wildman–Crippen MR) is 56.9 cm³/mol. The van der Waals surface area contributed by atoms with Gasteiger partial charge in [-0.2, -0.15) is 13.1 Å². The molecule has 2 heterocycles. The highest BCUT2D eigenvalue weighted by Gasteiger charge is 2.35. The number of hydrogen-bond acceptors (Lipinski definition) is 5. The molecule has 14 heavy (non-hydrogen) atoms. The van der Waals surface area contributed by atoms with Crippen molar-refractivity contribution < 1.29 is 0 Å². The Morgan fingerprint density at radius 2 is 2.14 bits per heavy atom. The monoisotopic (exact) mass is 224 g/mol. The molecule has 0 fully saturated rings. The summed E-state index contributed by atoms with van der Waals surface area (Å²) in [5, 5.41) is 0. The van der Waals surface area contributed by atoms with Crippen molar-refractivity contribution in [1.82, 2.24) is 8.75 Å². The van der Waals surface area contributed by atoms with E-state index >= 15 is 0 Å². The van der Waals surface area contributed by atoms with Crippen molar-refractivity contribution in [2.24, 2.45) is 8.73 Å². The highest BCUT2D eigenvalue weighted by Crippen LogP contribution is 2.40. The molecule has 3 rings (SSSR count). The SMILES string of the molecule is CC1=C2N=S=NC2C(C)c2nsnc21. The number of nitrogens with zero attached hydrogens (tertiary/aromatic N) is 4. The molecule has 0 saturated heterocycles. The van der Waals surface area contributed by atoms with Gasteiger partial charge in [-0.05, 0) is 6.92 Å². The van der Waals surface area contributed by atoms with Crippen molar-refractivity contribution in [3.8, 4) is 0 Å². The van der Waals surface area contributed by atoms with E-state index in [0.29, 0.717) is 5.92 Å². The van der Waals surface area contributed by atoms with Crippen LogP contribution in [-0.4, -0.2) is 14.8 Å². The molecule has 0 radical (unpaired) electrons. The van der Waals surface area contributed by atoms with Crippen LogP contribution in [0.2, 0.25) is 0 Å². The molecule has 4 nitrogen and oxygen atoms in total. The van der Waals surface area contributed by atoms with E-state index in [-0.39, 0.29) is 6.04 Å². The maximum Gasteiger partial charge on any atom is 0.115 e. The van der Waals surface area contributed by atoms with Crippen molar-refractivity contribution in [2.45, 2.75) is 25.8 Å². The van der Waals surface area contributed by atoms with E-state index in [1.165, 1.54) is 23.1 Å². The average Bonchev–Trinajstić information content (AvgIpc) is 2.82. The van der Waals surface area contributed by atoms with Crippen molar-refractivity contribution in [3.05, 3.63) is 17.1 Å². The largest absolute Gasteiger partial charge is 0.203 e. The fourth-order valence-electron chi connectivity index (χ4n) is 1.87. The Labute approximate surface area is 89.3 Å². The second kappa shape index (κ2) is 2.80. The lowest BCUT2D eigenvalue weighted by atomic mass is 9.86. The quantitative estimate of drug-likeness (QED) is 0.678. The Hall–Kier alpha value is -0.880. The molecule has 2 atom stereocenters. The molecule has 72 valence electrons. The molecular weight excluding hydrogens is 216 g/mol. The van der Waals surface area contributed by atoms with Crippen LogP contribution in [0, 0.1) is 0 Å². The van der Waals surface area contributed by atoms with Gasteiger partial charge < -0.3 is 0 Å². The zero-order valence-electron chi connectivity index (χ0n) is 7.76. The molecular formula is C8H8N4S2. The molecule has 1 aliphatic carbocycles. The molecule has 0 saturated carbocycles. The van der Waals surface area contributed by atoms with Crippen LogP contribution >= 0.6 is 11.7 Å². The number of aromatic nitrogens is 2. The highest BCUT2D eigenvalue weighted by atomic mass is 32.1. The van der Waals surface area contributed by atoms with Crippen molar-refractivity contribution >= 4 is 28.7 Å². The van der Waals surface area contributed by atoms with Crippen LogP contribution in [0.25, 0.3) is 5.57 Å². The molecule has 1 aromatic heterocycles. The first-order valence-corrected chi connectivity index (χ1v) is 5.86. The zero-order chi connectivity index (χ0) is 9.71. The fourth-order valence-corrected chi connectivity index (χ4v) is 3.32. The average molecular weight is 224 g/mol. The van der Waals surface area contributed by atoms with E-state index in [0.717, 1.165) is 22.7 Å². The Morgan fingerprint density at radius 1 is 1.29 bits per heavy atom. The van der Waals surface area contributed by atoms with Gasteiger partial charge in [-0.25, -0.2) is 4.36 Å². The summed E-state index contributed by atoms with van der Waals surface area (Å²) in [5.74, 6) is 0.321. The second-order valence-corrected chi connectivity index (χ2v) is 4.61. The lowest BCUT2D eigenvalue weighted by Gasteiger charge is -2.22. The van der Waals surface area contributed by atoms with Crippen LogP contribution in [0.15, 0.2) is 14.4 Å². The third kappa shape index (κ3) is 0.923. The van der Waals surface area contributed by atoms with Gasteiger partial charge in [0.1, 0.15) is 11.7 Å². The van der Waals surface area contributed by atoms with Gasteiger partial charge in [0.2, 0.25) is 0 Å². The molecule has 2 unspecified atom stereocenters. The first kappa shape index (κ1) is 8.43. The molecule has 0 spiro atoms.